The third-order valence-corrected chi connectivity index (χ3v) is 2.54. The van der Waals surface area contributed by atoms with Crippen LogP contribution in [0.15, 0.2) is 24.3 Å². The van der Waals surface area contributed by atoms with E-state index in [1.165, 1.54) is 0 Å². The van der Waals surface area contributed by atoms with E-state index in [2.05, 4.69) is 0 Å². The Labute approximate surface area is 94.5 Å². The van der Waals surface area contributed by atoms with Crippen molar-refractivity contribution >= 4 is 17.4 Å². The maximum Gasteiger partial charge on any atom is 0.157 e. The van der Waals surface area contributed by atoms with Crippen molar-refractivity contribution in [1.29, 1.82) is 5.26 Å². The van der Waals surface area contributed by atoms with Crippen molar-refractivity contribution in [2.24, 2.45) is 5.92 Å². The monoisotopic (exact) mass is 221 g/mol. The van der Waals surface area contributed by atoms with Crippen LogP contribution in [0.25, 0.3) is 0 Å². The van der Waals surface area contributed by atoms with Gasteiger partial charge in [0.15, 0.2) is 5.78 Å². The number of hydrogen-bond donors (Lipinski definition) is 0. The minimum atomic E-state index is -0.751. The molecular weight excluding hydrogens is 210 g/mol. The topological polar surface area (TPSA) is 40.9 Å². The van der Waals surface area contributed by atoms with Gasteiger partial charge in [0.2, 0.25) is 0 Å². The van der Waals surface area contributed by atoms with Crippen molar-refractivity contribution in [3.05, 3.63) is 34.9 Å². The molecule has 0 amide bonds. The molecule has 0 heterocycles. The lowest BCUT2D eigenvalue weighted by Gasteiger charge is -2.12. The highest BCUT2D eigenvalue weighted by Gasteiger charge is 2.24. The molecule has 78 valence electrons. The first-order chi connectivity index (χ1) is 7.07. The number of hydrogen-bond acceptors (Lipinski definition) is 2. The normalized spacial score (nSPS) is 12.2. The lowest BCUT2D eigenvalue weighted by molar-refractivity contribution is -0.122. The number of ketones is 1. The van der Waals surface area contributed by atoms with Gasteiger partial charge in [0.25, 0.3) is 0 Å². The second-order valence-electron chi connectivity index (χ2n) is 3.64. The molecule has 0 saturated heterocycles. The summed E-state index contributed by atoms with van der Waals surface area (Å²) >= 11 is 5.94. The summed E-state index contributed by atoms with van der Waals surface area (Å²) in [6, 6.07) is 8.97. The van der Waals surface area contributed by atoms with E-state index in [0.717, 1.165) is 0 Å². The molecule has 0 aliphatic heterocycles. The van der Waals surface area contributed by atoms with Gasteiger partial charge in [-0.15, -0.1) is 0 Å². The Balaban J connectivity index is 3.10. The van der Waals surface area contributed by atoms with Crippen molar-refractivity contribution in [3.63, 3.8) is 0 Å². The molecule has 0 aromatic heterocycles. The van der Waals surface area contributed by atoms with Crippen molar-refractivity contribution in [2.45, 2.75) is 19.8 Å². The minimum Gasteiger partial charge on any atom is -0.298 e. The van der Waals surface area contributed by atoms with E-state index >= 15 is 0 Å². The number of carbonyl (C=O) groups excluding carboxylic acids is 1. The van der Waals surface area contributed by atoms with E-state index in [0.29, 0.717) is 10.6 Å². The molecule has 3 heteroatoms. The highest BCUT2D eigenvalue weighted by Crippen LogP contribution is 2.26. The Hall–Kier alpha value is -1.33. The molecule has 0 radical (unpaired) electrons. The summed E-state index contributed by atoms with van der Waals surface area (Å²) in [6.07, 6.45) is 0. The van der Waals surface area contributed by atoms with Crippen LogP contribution in [-0.4, -0.2) is 5.78 Å². The van der Waals surface area contributed by atoms with Crippen LogP contribution in [-0.2, 0) is 4.79 Å². The van der Waals surface area contributed by atoms with Gasteiger partial charge in [-0.25, -0.2) is 0 Å². The van der Waals surface area contributed by atoms with E-state index in [9.17, 15) is 4.79 Å². The first kappa shape index (κ1) is 11.7. The fourth-order valence-electron chi connectivity index (χ4n) is 1.33. The van der Waals surface area contributed by atoms with Gasteiger partial charge in [0, 0.05) is 10.9 Å². The summed E-state index contributed by atoms with van der Waals surface area (Å²) < 4.78 is 0. The Morgan fingerprint density at radius 3 is 2.47 bits per heavy atom. The van der Waals surface area contributed by atoms with E-state index in [4.69, 9.17) is 16.9 Å². The number of halogens is 1. The molecule has 0 saturated carbocycles. The number of nitriles is 1. The zero-order valence-electron chi connectivity index (χ0n) is 8.70. The van der Waals surface area contributed by atoms with Gasteiger partial charge in [0.05, 0.1) is 6.07 Å². The quantitative estimate of drug-likeness (QED) is 0.787. The lowest BCUT2D eigenvalue weighted by atomic mass is 9.90. The Morgan fingerprint density at radius 2 is 2.00 bits per heavy atom. The van der Waals surface area contributed by atoms with Gasteiger partial charge < -0.3 is 0 Å². The van der Waals surface area contributed by atoms with Crippen molar-refractivity contribution < 1.29 is 4.79 Å². The van der Waals surface area contributed by atoms with E-state index in [-0.39, 0.29) is 11.7 Å². The fraction of sp³-hybridized carbons (Fsp3) is 0.333. The SMILES string of the molecule is CC(C)C(=O)[C@H](C#N)c1ccccc1Cl. The highest BCUT2D eigenvalue weighted by molar-refractivity contribution is 6.31. The Bertz CT molecular complexity index is 406. The molecule has 0 bridgehead atoms. The first-order valence-corrected chi connectivity index (χ1v) is 5.13. The maximum atomic E-state index is 11.7. The standard InChI is InChI=1S/C12H12ClNO/c1-8(2)12(15)10(7-14)9-5-3-4-6-11(9)13/h3-6,8,10H,1-2H3/t10-/m1/s1. The average molecular weight is 222 g/mol. The summed E-state index contributed by atoms with van der Waals surface area (Å²) in [6.45, 7) is 3.56. The van der Waals surface area contributed by atoms with E-state index < -0.39 is 5.92 Å². The highest BCUT2D eigenvalue weighted by atomic mass is 35.5. The van der Waals surface area contributed by atoms with Crippen molar-refractivity contribution in [3.8, 4) is 6.07 Å². The number of benzene rings is 1. The summed E-state index contributed by atoms with van der Waals surface area (Å²) in [5, 5.41) is 9.46. The van der Waals surface area contributed by atoms with Gasteiger partial charge in [-0.2, -0.15) is 5.26 Å². The van der Waals surface area contributed by atoms with Gasteiger partial charge in [0.1, 0.15) is 5.92 Å². The average Bonchev–Trinajstić information content (AvgIpc) is 2.21. The summed E-state index contributed by atoms with van der Waals surface area (Å²) in [7, 11) is 0. The zero-order chi connectivity index (χ0) is 11.4. The van der Waals surface area contributed by atoms with Crippen LogP contribution in [0, 0.1) is 17.2 Å². The number of nitrogens with zero attached hydrogens (tertiary/aromatic N) is 1. The number of carbonyl (C=O) groups is 1. The molecular formula is C12H12ClNO. The molecule has 15 heavy (non-hydrogen) atoms. The van der Waals surface area contributed by atoms with Crippen LogP contribution in [0.2, 0.25) is 5.02 Å². The predicted octanol–water partition coefficient (Wildman–Crippen LogP) is 3.17. The molecule has 0 unspecified atom stereocenters. The third kappa shape index (κ3) is 2.57. The lowest BCUT2D eigenvalue weighted by Crippen LogP contribution is -2.16. The minimum absolute atomic E-state index is 0.0920. The largest absolute Gasteiger partial charge is 0.298 e. The van der Waals surface area contributed by atoms with Crippen LogP contribution in [0.5, 0.6) is 0 Å². The number of Topliss-reactive ketones (excluding diaryl/α,β-unsaturated/α-hetero) is 1. The molecule has 0 fully saturated rings. The molecule has 1 aromatic carbocycles. The Kier molecular flexibility index (Phi) is 3.88. The fourth-order valence-corrected chi connectivity index (χ4v) is 1.57. The van der Waals surface area contributed by atoms with Crippen LogP contribution in [0.4, 0.5) is 0 Å². The molecule has 2 nitrogen and oxygen atoms in total. The molecule has 1 aromatic rings. The first-order valence-electron chi connectivity index (χ1n) is 4.75. The molecule has 1 atom stereocenters. The predicted molar refractivity (Wildman–Crippen MR) is 59.7 cm³/mol. The van der Waals surface area contributed by atoms with Gasteiger partial charge in [-0.3, -0.25) is 4.79 Å². The summed E-state index contributed by atoms with van der Waals surface area (Å²) in [5.41, 5.74) is 0.598. The molecule has 0 aliphatic carbocycles. The maximum absolute atomic E-state index is 11.7. The Morgan fingerprint density at radius 1 is 1.40 bits per heavy atom. The van der Waals surface area contributed by atoms with Crippen LogP contribution >= 0.6 is 11.6 Å². The summed E-state index contributed by atoms with van der Waals surface area (Å²) in [5.74, 6) is -1.00. The zero-order valence-corrected chi connectivity index (χ0v) is 9.45. The van der Waals surface area contributed by atoms with Crippen LogP contribution in [0.3, 0.4) is 0 Å². The summed E-state index contributed by atoms with van der Waals surface area (Å²) in [4.78, 5) is 11.7. The second-order valence-corrected chi connectivity index (χ2v) is 4.05. The smallest absolute Gasteiger partial charge is 0.157 e. The van der Waals surface area contributed by atoms with Gasteiger partial charge in [-0.1, -0.05) is 43.6 Å². The molecule has 0 spiro atoms. The second kappa shape index (κ2) is 4.95. The molecule has 0 N–H and O–H groups in total. The van der Waals surface area contributed by atoms with Gasteiger partial charge in [-0.05, 0) is 11.6 Å². The van der Waals surface area contributed by atoms with E-state index in [1.54, 1.807) is 38.1 Å². The third-order valence-electron chi connectivity index (χ3n) is 2.20. The van der Waals surface area contributed by atoms with Crippen LogP contribution in [0.1, 0.15) is 25.3 Å². The van der Waals surface area contributed by atoms with Crippen molar-refractivity contribution in [2.75, 3.05) is 0 Å². The van der Waals surface area contributed by atoms with Crippen LogP contribution < -0.4 is 0 Å². The molecule has 1 rings (SSSR count). The molecule has 0 aliphatic rings. The number of rotatable bonds is 3. The van der Waals surface area contributed by atoms with Crippen molar-refractivity contribution in [1.82, 2.24) is 0 Å². The van der Waals surface area contributed by atoms with E-state index in [1.807, 2.05) is 6.07 Å². The van der Waals surface area contributed by atoms with Gasteiger partial charge >= 0.3 is 0 Å².